The molecule has 2 rings (SSSR count). The Morgan fingerprint density at radius 2 is 1.70 bits per heavy atom. The summed E-state index contributed by atoms with van der Waals surface area (Å²) in [6.07, 6.45) is 0. The molecule has 106 valence electrons. The predicted molar refractivity (Wildman–Crippen MR) is 83.2 cm³/mol. The number of aryl methyl sites for hydroxylation is 1. The molecule has 0 fully saturated rings. The van der Waals surface area contributed by atoms with Gasteiger partial charge in [-0.1, -0.05) is 39.0 Å². The van der Waals surface area contributed by atoms with Crippen LogP contribution in [0.4, 0.5) is 0 Å². The average molecular weight is 270 g/mol. The third-order valence-electron chi connectivity index (χ3n) is 3.72. The van der Waals surface area contributed by atoms with Gasteiger partial charge in [0.15, 0.2) is 0 Å². The lowest BCUT2D eigenvalue weighted by molar-refractivity contribution is 0.542. The Kier molecular flexibility index (Phi) is 3.55. The summed E-state index contributed by atoms with van der Waals surface area (Å²) >= 11 is 0. The van der Waals surface area contributed by atoms with E-state index in [-0.39, 0.29) is 11.0 Å². The van der Waals surface area contributed by atoms with E-state index in [1.807, 2.05) is 39.8 Å². The van der Waals surface area contributed by atoms with Crippen LogP contribution >= 0.6 is 0 Å². The zero-order chi connectivity index (χ0) is 15.1. The first-order chi connectivity index (χ1) is 9.21. The molecule has 0 atom stereocenters. The highest BCUT2D eigenvalue weighted by Crippen LogP contribution is 2.27. The SMILES string of the molecule is Cc1cccc(-c2nc(C(C)(C)C)[nH]c(=O)c2C)c1C. The van der Waals surface area contributed by atoms with Crippen molar-refractivity contribution in [1.29, 1.82) is 0 Å². The fourth-order valence-electron chi connectivity index (χ4n) is 2.16. The van der Waals surface area contributed by atoms with Crippen molar-refractivity contribution in [3.05, 3.63) is 51.1 Å². The van der Waals surface area contributed by atoms with Gasteiger partial charge in [-0.05, 0) is 31.9 Å². The van der Waals surface area contributed by atoms with Gasteiger partial charge in [-0.2, -0.15) is 0 Å². The Labute approximate surface area is 120 Å². The lowest BCUT2D eigenvalue weighted by Crippen LogP contribution is -2.24. The van der Waals surface area contributed by atoms with Crippen molar-refractivity contribution in [3.63, 3.8) is 0 Å². The lowest BCUT2D eigenvalue weighted by atomic mass is 9.94. The summed E-state index contributed by atoms with van der Waals surface area (Å²) < 4.78 is 0. The third kappa shape index (κ3) is 2.53. The van der Waals surface area contributed by atoms with E-state index in [0.29, 0.717) is 5.56 Å². The quantitative estimate of drug-likeness (QED) is 0.859. The monoisotopic (exact) mass is 270 g/mol. The minimum absolute atomic E-state index is 0.0548. The first-order valence-corrected chi connectivity index (χ1v) is 6.90. The summed E-state index contributed by atoms with van der Waals surface area (Å²) in [4.78, 5) is 19.8. The summed E-state index contributed by atoms with van der Waals surface area (Å²) in [6, 6.07) is 6.12. The normalized spacial score (nSPS) is 11.7. The molecule has 0 amide bonds. The molecular weight excluding hydrogens is 248 g/mol. The fraction of sp³-hybridized carbons (Fsp3) is 0.412. The molecule has 0 spiro atoms. The summed E-state index contributed by atoms with van der Waals surface area (Å²) in [5, 5.41) is 0. The van der Waals surface area contributed by atoms with Crippen molar-refractivity contribution in [2.75, 3.05) is 0 Å². The van der Waals surface area contributed by atoms with Crippen molar-refractivity contribution in [1.82, 2.24) is 9.97 Å². The minimum Gasteiger partial charge on any atom is -0.310 e. The Morgan fingerprint density at radius 1 is 1.05 bits per heavy atom. The molecule has 0 aliphatic rings. The maximum absolute atomic E-state index is 12.2. The van der Waals surface area contributed by atoms with Crippen molar-refractivity contribution < 1.29 is 0 Å². The van der Waals surface area contributed by atoms with E-state index in [0.717, 1.165) is 17.1 Å². The summed E-state index contributed by atoms with van der Waals surface area (Å²) in [5.74, 6) is 0.726. The van der Waals surface area contributed by atoms with E-state index in [2.05, 4.69) is 24.9 Å². The van der Waals surface area contributed by atoms with Gasteiger partial charge in [0.25, 0.3) is 5.56 Å². The van der Waals surface area contributed by atoms with Crippen LogP contribution in [0.25, 0.3) is 11.3 Å². The second kappa shape index (κ2) is 4.89. The molecule has 0 aliphatic carbocycles. The number of hydrogen-bond acceptors (Lipinski definition) is 2. The topological polar surface area (TPSA) is 45.8 Å². The molecule has 20 heavy (non-hydrogen) atoms. The second-order valence-corrected chi connectivity index (χ2v) is 6.39. The van der Waals surface area contributed by atoms with Crippen molar-refractivity contribution in [2.24, 2.45) is 0 Å². The van der Waals surface area contributed by atoms with E-state index < -0.39 is 0 Å². The number of hydrogen-bond donors (Lipinski definition) is 1. The molecule has 1 aromatic heterocycles. The van der Waals surface area contributed by atoms with Crippen LogP contribution in [0.15, 0.2) is 23.0 Å². The number of benzene rings is 1. The zero-order valence-corrected chi connectivity index (χ0v) is 13.1. The standard InChI is InChI=1S/C17H22N2O/c1-10-8-7-9-13(11(10)2)14-12(3)15(20)19-16(18-14)17(4,5)6/h7-9H,1-6H3,(H,18,19,20). The molecule has 0 unspecified atom stereocenters. The fourth-order valence-corrected chi connectivity index (χ4v) is 2.16. The van der Waals surface area contributed by atoms with Crippen LogP contribution in [-0.2, 0) is 5.41 Å². The first-order valence-electron chi connectivity index (χ1n) is 6.90. The summed E-state index contributed by atoms with van der Waals surface area (Å²) in [7, 11) is 0. The maximum atomic E-state index is 12.2. The Morgan fingerprint density at radius 3 is 2.30 bits per heavy atom. The molecule has 0 radical (unpaired) electrons. The van der Waals surface area contributed by atoms with Crippen LogP contribution in [0.1, 0.15) is 43.3 Å². The molecule has 3 heteroatoms. The molecular formula is C17H22N2O. The van der Waals surface area contributed by atoms with Crippen LogP contribution in [0, 0.1) is 20.8 Å². The highest BCUT2D eigenvalue weighted by molar-refractivity contribution is 5.67. The van der Waals surface area contributed by atoms with Crippen LogP contribution in [-0.4, -0.2) is 9.97 Å². The van der Waals surface area contributed by atoms with Gasteiger partial charge in [0.05, 0.1) is 5.69 Å². The van der Waals surface area contributed by atoms with Gasteiger partial charge in [-0.25, -0.2) is 4.98 Å². The van der Waals surface area contributed by atoms with Gasteiger partial charge in [0, 0.05) is 16.5 Å². The van der Waals surface area contributed by atoms with Crippen molar-refractivity contribution in [2.45, 2.75) is 47.0 Å². The number of aromatic nitrogens is 2. The summed E-state index contributed by atoms with van der Waals surface area (Å²) in [5.41, 5.74) is 4.65. The number of nitrogens with zero attached hydrogens (tertiary/aromatic N) is 1. The van der Waals surface area contributed by atoms with Crippen LogP contribution < -0.4 is 5.56 Å². The van der Waals surface area contributed by atoms with E-state index in [1.165, 1.54) is 11.1 Å². The third-order valence-corrected chi connectivity index (χ3v) is 3.72. The zero-order valence-electron chi connectivity index (χ0n) is 13.1. The van der Waals surface area contributed by atoms with Gasteiger partial charge in [0.1, 0.15) is 5.82 Å². The first kappa shape index (κ1) is 14.5. The smallest absolute Gasteiger partial charge is 0.254 e. The highest BCUT2D eigenvalue weighted by Gasteiger charge is 2.20. The van der Waals surface area contributed by atoms with Gasteiger partial charge in [0.2, 0.25) is 0 Å². The van der Waals surface area contributed by atoms with E-state index >= 15 is 0 Å². The minimum atomic E-state index is -0.181. The molecule has 1 N–H and O–H groups in total. The Balaban J connectivity index is 2.77. The molecule has 0 saturated heterocycles. The van der Waals surface area contributed by atoms with Crippen molar-refractivity contribution >= 4 is 0 Å². The number of aromatic amines is 1. The molecule has 3 nitrogen and oxygen atoms in total. The molecule has 0 bridgehead atoms. The number of H-pyrrole nitrogens is 1. The number of rotatable bonds is 1. The molecule has 2 aromatic rings. The summed E-state index contributed by atoms with van der Waals surface area (Å²) in [6.45, 7) is 12.1. The molecule has 1 aromatic carbocycles. The van der Waals surface area contributed by atoms with Crippen LogP contribution in [0.2, 0.25) is 0 Å². The van der Waals surface area contributed by atoms with E-state index in [1.54, 1.807) is 0 Å². The van der Waals surface area contributed by atoms with Gasteiger partial charge in [-0.15, -0.1) is 0 Å². The predicted octanol–water partition coefficient (Wildman–Crippen LogP) is 3.66. The van der Waals surface area contributed by atoms with E-state index in [4.69, 9.17) is 4.98 Å². The maximum Gasteiger partial charge on any atom is 0.254 e. The highest BCUT2D eigenvalue weighted by atomic mass is 16.1. The van der Waals surface area contributed by atoms with Crippen molar-refractivity contribution in [3.8, 4) is 11.3 Å². The average Bonchev–Trinajstić information content (AvgIpc) is 2.35. The lowest BCUT2D eigenvalue weighted by Gasteiger charge is -2.19. The Bertz CT molecular complexity index is 706. The largest absolute Gasteiger partial charge is 0.310 e. The van der Waals surface area contributed by atoms with Crippen LogP contribution in [0.5, 0.6) is 0 Å². The van der Waals surface area contributed by atoms with Gasteiger partial charge >= 0.3 is 0 Å². The molecule has 0 saturated carbocycles. The van der Waals surface area contributed by atoms with Gasteiger partial charge in [-0.3, -0.25) is 4.79 Å². The molecule has 0 aliphatic heterocycles. The molecule has 1 heterocycles. The Hall–Kier alpha value is -1.90. The van der Waals surface area contributed by atoms with E-state index in [9.17, 15) is 4.79 Å². The second-order valence-electron chi connectivity index (χ2n) is 6.39. The van der Waals surface area contributed by atoms with Crippen LogP contribution in [0.3, 0.4) is 0 Å². The number of nitrogens with one attached hydrogen (secondary N) is 1. The van der Waals surface area contributed by atoms with Gasteiger partial charge < -0.3 is 4.98 Å².